The summed E-state index contributed by atoms with van der Waals surface area (Å²) in [4.78, 5) is 0.473. The quantitative estimate of drug-likeness (QED) is 0.292. The van der Waals surface area contributed by atoms with Crippen molar-refractivity contribution in [3.8, 4) is 0 Å². The fourth-order valence-electron chi connectivity index (χ4n) is 1.67. The first-order valence-electron chi connectivity index (χ1n) is 6.54. The van der Waals surface area contributed by atoms with Crippen LogP contribution in [0.2, 0.25) is 10.0 Å². The largest absolute Gasteiger partial charge is 0.331 e. The summed E-state index contributed by atoms with van der Waals surface area (Å²) < 4.78 is 24.5. The molecule has 2 aromatic rings. The molecule has 0 saturated heterocycles. The number of hydrogen-bond donors (Lipinski definition) is 2. The van der Waals surface area contributed by atoms with E-state index in [0.29, 0.717) is 38.0 Å². The van der Waals surface area contributed by atoms with Gasteiger partial charge in [-0.15, -0.1) is 0 Å². The van der Waals surface area contributed by atoms with Crippen LogP contribution in [-0.2, 0) is 0 Å². The summed E-state index contributed by atoms with van der Waals surface area (Å²) in [5.74, 6) is -2.45. The fraction of sp³-hybridized carbons (Fsp3) is 0.0667. The van der Waals surface area contributed by atoms with E-state index >= 15 is 0 Å². The van der Waals surface area contributed by atoms with Gasteiger partial charge in [0.25, 0.3) is 5.76 Å². The molecule has 0 aliphatic rings. The number of alkyl halides is 2. The first-order chi connectivity index (χ1) is 11.5. The van der Waals surface area contributed by atoms with Crippen molar-refractivity contribution in [3.05, 3.63) is 58.1 Å². The van der Waals surface area contributed by atoms with E-state index in [1.165, 1.54) is 6.21 Å². The lowest BCUT2D eigenvalue weighted by Gasteiger charge is -2.08. The Morgan fingerprint density at radius 1 is 1.12 bits per heavy atom. The molecule has 2 N–H and O–H groups in total. The van der Waals surface area contributed by atoms with Crippen LogP contribution in [0.5, 0.6) is 0 Å². The number of thioether (sulfide) groups is 1. The van der Waals surface area contributed by atoms with Crippen molar-refractivity contribution < 1.29 is 8.78 Å². The Labute approximate surface area is 157 Å². The van der Waals surface area contributed by atoms with Crippen molar-refractivity contribution in [1.29, 1.82) is 0 Å². The molecule has 2 aromatic carbocycles. The minimum absolute atomic E-state index is 0.240. The zero-order chi connectivity index (χ0) is 17.5. The number of rotatable bonds is 5. The summed E-state index contributed by atoms with van der Waals surface area (Å²) in [6.45, 7) is 0. The van der Waals surface area contributed by atoms with Crippen LogP contribution >= 0.6 is 47.2 Å². The maximum Gasteiger partial charge on any atom is 0.288 e. The van der Waals surface area contributed by atoms with Crippen molar-refractivity contribution in [1.82, 2.24) is 5.43 Å². The van der Waals surface area contributed by atoms with Gasteiger partial charge >= 0.3 is 0 Å². The Morgan fingerprint density at radius 2 is 1.75 bits per heavy atom. The van der Waals surface area contributed by atoms with Crippen LogP contribution in [0.25, 0.3) is 0 Å². The lowest BCUT2D eigenvalue weighted by atomic mass is 10.2. The molecular formula is C15H11Cl2F2N3S2. The van der Waals surface area contributed by atoms with Crippen molar-refractivity contribution >= 4 is 64.2 Å². The smallest absolute Gasteiger partial charge is 0.288 e. The molecule has 0 fully saturated rings. The molecule has 0 bridgehead atoms. The van der Waals surface area contributed by atoms with Crippen LogP contribution in [0.1, 0.15) is 5.56 Å². The standard InChI is InChI=1S/C15H11Cl2F2N3S2/c16-12-2-1-3-13(17)11(12)8-20-22-15(23)21-9-4-6-10(7-5-9)24-14(18)19/h1-8,14H,(H2,21,22,23)/b20-8-. The predicted molar refractivity (Wildman–Crippen MR) is 102 cm³/mol. The van der Waals surface area contributed by atoms with E-state index in [1.807, 2.05) is 0 Å². The molecule has 24 heavy (non-hydrogen) atoms. The Morgan fingerprint density at radius 3 is 2.33 bits per heavy atom. The van der Waals surface area contributed by atoms with Crippen LogP contribution in [0, 0.1) is 0 Å². The Kier molecular flexibility index (Phi) is 7.23. The van der Waals surface area contributed by atoms with Crippen LogP contribution in [-0.4, -0.2) is 17.1 Å². The van der Waals surface area contributed by atoms with Crippen LogP contribution in [0.15, 0.2) is 52.5 Å². The third-order valence-electron chi connectivity index (χ3n) is 2.70. The van der Waals surface area contributed by atoms with E-state index in [0.717, 1.165) is 0 Å². The third-order valence-corrected chi connectivity index (χ3v) is 4.27. The normalized spacial score (nSPS) is 11.0. The number of hydrazone groups is 1. The number of anilines is 1. The van der Waals surface area contributed by atoms with Gasteiger partial charge in [0.2, 0.25) is 0 Å². The number of benzene rings is 2. The van der Waals surface area contributed by atoms with Gasteiger partial charge in [-0.3, -0.25) is 5.43 Å². The molecule has 0 aliphatic heterocycles. The van der Waals surface area contributed by atoms with E-state index < -0.39 is 5.76 Å². The molecule has 9 heteroatoms. The van der Waals surface area contributed by atoms with Gasteiger partial charge in [-0.25, -0.2) is 0 Å². The minimum atomic E-state index is -2.45. The van der Waals surface area contributed by atoms with Crippen molar-refractivity contribution in [2.75, 3.05) is 5.32 Å². The van der Waals surface area contributed by atoms with Crippen molar-refractivity contribution in [2.45, 2.75) is 10.7 Å². The number of nitrogens with zero attached hydrogens (tertiary/aromatic N) is 1. The maximum atomic E-state index is 12.2. The lowest BCUT2D eigenvalue weighted by molar-refractivity contribution is 0.252. The molecule has 0 aliphatic carbocycles. The monoisotopic (exact) mass is 405 g/mol. The first kappa shape index (κ1) is 18.9. The van der Waals surface area contributed by atoms with Crippen LogP contribution < -0.4 is 10.7 Å². The molecule has 0 aromatic heterocycles. The second-order valence-corrected chi connectivity index (χ2v) is 6.65. The van der Waals surface area contributed by atoms with Gasteiger partial charge in [-0.1, -0.05) is 41.0 Å². The average molecular weight is 406 g/mol. The summed E-state index contributed by atoms with van der Waals surface area (Å²) >= 11 is 17.6. The Bertz CT molecular complexity index is 720. The lowest BCUT2D eigenvalue weighted by Crippen LogP contribution is -2.23. The van der Waals surface area contributed by atoms with Crippen LogP contribution in [0.4, 0.5) is 14.5 Å². The highest BCUT2D eigenvalue weighted by Crippen LogP contribution is 2.26. The SMILES string of the molecule is FC(F)Sc1ccc(NC(=S)N/N=C\c2c(Cl)cccc2Cl)cc1. The van der Waals surface area contributed by atoms with Gasteiger partial charge in [0.1, 0.15) is 0 Å². The summed E-state index contributed by atoms with van der Waals surface area (Å²) in [7, 11) is 0. The van der Waals surface area contributed by atoms with E-state index in [-0.39, 0.29) is 5.11 Å². The molecule has 126 valence electrons. The molecule has 0 radical (unpaired) electrons. The Hall–Kier alpha value is -1.41. The summed E-state index contributed by atoms with van der Waals surface area (Å²) in [6.07, 6.45) is 1.46. The second kappa shape index (κ2) is 9.17. The van der Waals surface area contributed by atoms with E-state index in [2.05, 4.69) is 15.8 Å². The molecule has 0 heterocycles. The highest BCUT2D eigenvalue weighted by Gasteiger charge is 2.05. The highest BCUT2D eigenvalue weighted by atomic mass is 35.5. The van der Waals surface area contributed by atoms with Gasteiger partial charge in [0.15, 0.2) is 5.11 Å². The highest BCUT2D eigenvalue weighted by molar-refractivity contribution is 7.99. The van der Waals surface area contributed by atoms with Crippen molar-refractivity contribution in [3.63, 3.8) is 0 Å². The number of hydrogen-bond acceptors (Lipinski definition) is 3. The topological polar surface area (TPSA) is 36.4 Å². The van der Waals surface area contributed by atoms with E-state index in [4.69, 9.17) is 35.4 Å². The van der Waals surface area contributed by atoms with Gasteiger partial charge in [-0.05, 0) is 48.6 Å². The molecule has 0 atom stereocenters. The summed E-state index contributed by atoms with van der Waals surface area (Å²) in [5, 5.41) is 8.03. The van der Waals surface area contributed by atoms with Gasteiger partial charge in [-0.2, -0.15) is 13.9 Å². The molecule has 0 unspecified atom stereocenters. The number of halogens is 4. The molecule has 0 spiro atoms. The van der Waals surface area contributed by atoms with Gasteiger partial charge in [0, 0.05) is 16.1 Å². The maximum absolute atomic E-state index is 12.2. The van der Waals surface area contributed by atoms with Gasteiger partial charge in [0.05, 0.1) is 16.3 Å². The zero-order valence-electron chi connectivity index (χ0n) is 12.0. The average Bonchev–Trinajstić information content (AvgIpc) is 2.52. The number of thiocarbonyl (C=S) groups is 1. The molecular weight excluding hydrogens is 395 g/mol. The Balaban J connectivity index is 1.90. The molecule has 0 amide bonds. The first-order valence-corrected chi connectivity index (χ1v) is 8.59. The van der Waals surface area contributed by atoms with Gasteiger partial charge < -0.3 is 5.32 Å². The minimum Gasteiger partial charge on any atom is -0.331 e. The number of nitrogens with one attached hydrogen (secondary N) is 2. The predicted octanol–water partition coefficient (Wildman–Crippen LogP) is 5.63. The fourth-order valence-corrected chi connectivity index (χ4v) is 2.83. The molecule has 2 rings (SSSR count). The van der Waals surface area contributed by atoms with E-state index in [9.17, 15) is 8.78 Å². The summed E-state index contributed by atoms with van der Waals surface area (Å²) in [5.41, 5.74) is 3.85. The molecule has 0 saturated carbocycles. The third kappa shape index (κ3) is 5.90. The zero-order valence-corrected chi connectivity index (χ0v) is 15.1. The molecule has 3 nitrogen and oxygen atoms in total. The van der Waals surface area contributed by atoms with Crippen LogP contribution in [0.3, 0.4) is 0 Å². The second-order valence-electron chi connectivity index (χ2n) is 4.36. The van der Waals surface area contributed by atoms with E-state index in [1.54, 1.807) is 42.5 Å². The summed E-state index contributed by atoms with van der Waals surface area (Å²) in [6, 6.07) is 11.6. The van der Waals surface area contributed by atoms with Crippen molar-refractivity contribution in [2.24, 2.45) is 5.10 Å².